The Hall–Kier alpha value is -3.02. The number of ether oxygens (including phenoxy) is 1. The van der Waals surface area contributed by atoms with Crippen molar-refractivity contribution in [2.24, 2.45) is 0 Å². The van der Waals surface area contributed by atoms with Gasteiger partial charge in [0.2, 0.25) is 15.8 Å². The van der Waals surface area contributed by atoms with E-state index >= 15 is 0 Å². The van der Waals surface area contributed by atoms with Crippen molar-refractivity contribution < 1.29 is 22.7 Å². The van der Waals surface area contributed by atoms with E-state index in [4.69, 9.17) is 10.00 Å². The minimum absolute atomic E-state index is 0.0394. The van der Waals surface area contributed by atoms with Crippen molar-refractivity contribution in [3.05, 3.63) is 65.2 Å². The van der Waals surface area contributed by atoms with Gasteiger partial charge in [-0.2, -0.15) is 9.98 Å². The average Bonchev–Trinajstić information content (AvgIpc) is 2.71. The summed E-state index contributed by atoms with van der Waals surface area (Å²) < 4.78 is 31.7. The average molecular weight is 400 g/mol. The van der Waals surface area contributed by atoms with Crippen LogP contribution in [0.3, 0.4) is 0 Å². The van der Waals surface area contributed by atoms with Crippen LogP contribution in [0.4, 0.5) is 0 Å². The second-order valence-electron chi connectivity index (χ2n) is 5.98. The fraction of sp³-hybridized carbons (Fsp3) is 0.250. The Morgan fingerprint density at radius 2 is 1.79 bits per heavy atom. The van der Waals surface area contributed by atoms with Gasteiger partial charge in [0.25, 0.3) is 0 Å². The third-order valence-corrected chi connectivity index (χ3v) is 5.49. The van der Waals surface area contributed by atoms with Gasteiger partial charge in [0, 0.05) is 5.56 Å². The largest absolute Gasteiger partial charge is 0.453 e. The molecule has 2 rings (SSSR count). The zero-order chi connectivity index (χ0) is 20.7. The molecule has 0 saturated heterocycles. The summed E-state index contributed by atoms with van der Waals surface area (Å²) in [6.45, 7) is 2.76. The topological polar surface area (TPSA) is 113 Å². The summed E-state index contributed by atoms with van der Waals surface area (Å²) in [6, 6.07) is 14.4. The predicted molar refractivity (Wildman–Crippen MR) is 102 cm³/mol. The minimum atomic E-state index is -4.07. The number of hydrogen-bond donors (Lipinski definition) is 1. The first-order valence-corrected chi connectivity index (χ1v) is 10.1. The summed E-state index contributed by atoms with van der Waals surface area (Å²) in [7, 11) is -4.07. The molecule has 0 amide bonds. The smallest absolute Gasteiger partial charge is 0.321 e. The van der Waals surface area contributed by atoms with E-state index in [1.54, 1.807) is 18.2 Å². The van der Waals surface area contributed by atoms with E-state index in [0.29, 0.717) is 5.56 Å². The summed E-state index contributed by atoms with van der Waals surface area (Å²) in [5, 5.41) is 9.01. The van der Waals surface area contributed by atoms with Crippen LogP contribution in [0.2, 0.25) is 0 Å². The number of nitrogens with zero attached hydrogens (tertiary/aromatic N) is 1. The number of ketones is 1. The molecule has 1 atom stereocenters. The van der Waals surface area contributed by atoms with Crippen molar-refractivity contribution in [3.8, 4) is 6.07 Å². The van der Waals surface area contributed by atoms with E-state index in [1.165, 1.54) is 31.2 Å². The number of carbonyl (C=O) groups is 2. The van der Waals surface area contributed by atoms with Crippen molar-refractivity contribution in [2.45, 2.75) is 31.3 Å². The molecule has 0 radical (unpaired) electrons. The Kier molecular flexibility index (Phi) is 7.04. The molecule has 0 heterocycles. The van der Waals surface area contributed by atoms with E-state index in [9.17, 15) is 18.0 Å². The first-order chi connectivity index (χ1) is 13.3. The Morgan fingerprint density at radius 1 is 1.14 bits per heavy atom. The molecule has 0 unspecified atom stereocenters. The van der Waals surface area contributed by atoms with Crippen molar-refractivity contribution in [1.82, 2.24) is 4.72 Å². The highest BCUT2D eigenvalue weighted by Crippen LogP contribution is 2.14. The summed E-state index contributed by atoms with van der Waals surface area (Å²) in [5.41, 5.74) is 1.44. The highest BCUT2D eigenvalue weighted by Gasteiger charge is 2.23. The van der Waals surface area contributed by atoms with Crippen LogP contribution < -0.4 is 4.72 Å². The van der Waals surface area contributed by atoms with E-state index in [1.807, 2.05) is 19.1 Å². The van der Waals surface area contributed by atoms with Gasteiger partial charge < -0.3 is 4.74 Å². The van der Waals surface area contributed by atoms with Gasteiger partial charge in [-0.3, -0.25) is 9.59 Å². The molecular weight excluding hydrogens is 380 g/mol. The normalized spacial score (nSPS) is 12.0. The van der Waals surface area contributed by atoms with Gasteiger partial charge in [0.1, 0.15) is 12.6 Å². The first kappa shape index (κ1) is 21.3. The van der Waals surface area contributed by atoms with Crippen molar-refractivity contribution in [1.29, 1.82) is 5.26 Å². The lowest BCUT2D eigenvalue weighted by Gasteiger charge is -2.13. The standard InChI is InChI=1S/C20H20N2O5S/c1-3-15-8-10-16(11-9-15)20(24)14(2)27-19(23)13-22-28(25,26)18-7-5-4-6-17(18)12-21/h4-11,14,22H,3,13H2,1-2H3/t14-/m0/s1. The Morgan fingerprint density at radius 3 is 2.39 bits per heavy atom. The molecule has 1 N–H and O–H groups in total. The fourth-order valence-electron chi connectivity index (χ4n) is 2.46. The Bertz CT molecular complexity index is 1010. The van der Waals surface area contributed by atoms with Gasteiger partial charge in [0.05, 0.1) is 10.5 Å². The highest BCUT2D eigenvalue weighted by molar-refractivity contribution is 7.89. The molecule has 0 spiro atoms. The van der Waals surface area contributed by atoms with Gasteiger partial charge in [-0.05, 0) is 31.0 Å². The first-order valence-electron chi connectivity index (χ1n) is 8.60. The van der Waals surface area contributed by atoms with E-state index in [2.05, 4.69) is 4.72 Å². The van der Waals surface area contributed by atoms with Crippen LogP contribution in [0.15, 0.2) is 53.4 Å². The number of sulfonamides is 1. The minimum Gasteiger partial charge on any atom is -0.453 e. The van der Waals surface area contributed by atoms with Gasteiger partial charge in [-0.25, -0.2) is 8.42 Å². The van der Waals surface area contributed by atoms with Gasteiger partial charge in [0.15, 0.2) is 6.10 Å². The molecule has 0 bridgehead atoms. The molecule has 0 saturated carbocycles. The molecule has 0 aliphatic heterocycles. The summed E-state index contributed by atoms with van der Waals surface area (Å²) in [6.07, 6.45) is -0.218. The zero-order valence-electron chi connectivity index (χ0n) is 15.5. The number of benzene rings is 2. The molecule has 0 aliphatic rings. The lowest BCUT2D eigenvalue weighted by atomic mass is 10.0. The SMILES string of the molecule is CCc1ccc(C(=O)[C@H](C)OC(=O)CNS(=O)(=O)c2ccccc2C#N)cc1. The number of nitrogens with one attached hydrogen (secondary N) is 1. The lowest BCUT2D eigenvalue weighted by molar-refractivity contribution is -0.144. The molecule has 2 aromatic carbocycles. The van der Waals surface area contributed by atoms with Crippen molar-refractivity contribution in [3.63, 3.8) is 0 Å². The van der Waals surface area contributed by atoms with Crippen LogP contribution in [0.1, 0.15) is 35.3 Å². The van der Waals surface area contributed by atoms with Crippen LogP contribution in [-0.4, -0.2) is 32.8 Å². The quantitative estimate of drug-likeness (QED) is 0.537. The molecule has 28 heavy (non-hydrogen) atoms. The van der Waals surface area contributed by atoms with Crippen LogP contribution >= 0.6 is 0 Å². The molecule has 0 fully saturated rings. The maximum atomic E-state index is 12.3. The predicted octanol–water partition coefficient (Wildman–Crippen LogP) is 2.21. The van der Waals surface area contributed by atoms with E-state index < -0.39 is 28.6 Å². The van der Waals surface area contributed by atoms with Crippen molar-refractivity contribution >= 4 is 21.8 Å². The number of carbonyl (C=O) groups excluding carboxylic acids is 2. The lowest BCUT2D eigenvalue weighted by Crippen LogP contribution is -2.34. The maximum Gasteiger partial charge on any atom is 0.321 e. The second-order valence-corrected chi connectivity index (χ2v) is 7.71. The maximum absolute atomic E-state index is 12.3. The highest BCUT2D eigenvalue weighted by atomic mass is 32.2. The van der Waals surface area contributed by atoms with E-state index in [-0.39, 0.29) is 16.2 Å². The second kappa shape index (κ2) is 9.26. The molecule has 146 valence electrons. The number of hydrogen-bond acceptors (Lipinski definition) is 6. The third kappa shape index (κ3) is 5.25. The van der Waals surface area contributed by atoms with Crippen LogP contribution in [0, 0.1) is 11.3 Å². The summed E-state index contributed by atoms with van der Waals surface area (Å²) in [5.74, 6) is -1.28. The number of Topliss-reactive ketones (excluding diaryl/α,β-unsaturated/α-hetero) is 1. The van der Waals surface area contributed by atoms with Gasteiger partial charge >= 0.3 is 5.97 Å². The fourth-order valence-corrected chi connectivity index (χ4v) is 3.58. The van der Waals surface area contributed by atoms with Crippen LogP contribution in [0.5, 0.6) is 0 Å². The Balaban J connectivity index is 1.97. The zero-order valence-corrected chi connectivity index (χ0v) is 16.3. The van der Waals surface area contributed by atoms with E-state index in [0.717, 1.165) is 12.0 Å². The Labute approximate surface area is 164 Å². The molecular formula is C20H20N2O5S. The molecule has 7 nitrogen and oxygen atoms in total. The molecule has 0 aliphatic carbocycles. The van der Waals surface area contributed by atoms with Crippen LogP contribution in [0.25, 0.3) is 0 Å². The van der Waals surface area contributed by atoms with Gasteiger partial charge in [-0.15, -0.1) is 0 Å². The monoisotopic (exact) mass is 400 g/mol. The summed E-state index contributed by atoms with van der Waals surface area (Å²) >= 11 is 0. The number of esters is 1. The third-order valence-electron chi connectivity index (χ3n) is 4.03. The number of aryl methyl sites for hydroxylation is 1. The van der Waals surface area contributed by atoms with Gasteiger partial charge in [-0.1, -0.05) is 43.3 Å². The van der Waals surface area contributed by atoms with Crippen molar-refractivity contribution in [2.75, 3.05) is 6.54 Å². The number of rotatable bonds is 8. The van der Waals surface area contributed by atoms with Crippen LogP contribution in [-0.2, 0) is 26.0 Å². The number of nitriles is 1. The molecule has 8 heteroatoms. The molecule has 0 aromatic heterocycles. The molecule has 2 aromatic rings. The summed E-state index contributed by atoms with van der Waals surface area (Å²) in [4.78, 5) is 24.1.